The van der Waals surface area contributed by atoms with Gasteiger partial charge in [0, 0.05) is 44.8 Å². The summed E-state index contributed by atoms with van der Waals surface area (Å²) >= 11 is 0. The molecule has 0 aromatic heterocycles. The third kappa shape index (κ3) is 5.24. The Morgan fingerprint density at radius 2 is 1.65 bits per heavy atom. The second-order valence-electron chi connectivity index (χ2n) is 6.40. The van der Waals surface area contributed by atoms with Crippen LogP contribution in [0.2, 0.25) is 0 Å². The Kier molecular flexibility index (Phi) is 6.39. The molecule has 2 fully saturated rings. The summed E-state index contributed by atoms with van der Waals surface area (Å²) in [6.07, 6.45) is 2.34. The number of halogens is 1. The third-order valence-corrected chi connectivity index (χ3v) is 4.80. The maximum atomic E-state index is 13.6. The van der Waals surface area contributed by atoms with Gasteiger partial charge in [0.2, 0.25) is 0 Å². The molecule has 0 amide bonds. The van der Waals surface area contributed by atoms with E-state index in [1.165, 1.54) is 6.07 Å². The number of rotatable bonds is 6. The number of hydrogen-bond acceptors (Lipinski definition) is 4. The molecule has 5 heteroatoms. The van der Waals surface area contributed by atoms with E-state index in [-0.39, 0.29) is 11.9 Å². The van der Waals surface area contributed by atoms with E-state index >= 15 is 0 Å². The highest BCUT2D eigenvalue weighted by atomic mass is 19.1. The molecule has 0 bridgehead atoms. The predicted octanol–water partition coefficient (Wildman–Crippen LogP) is 2.14. The zero-order chi connectivity index (χ0) is 15.9. The second-order valence-corrected chi connectivity index (χ2v) is 6.40. The SMILES string of the molecule is Fc1ccccc1COC1CCN(CCN2CCOCC2)CC1. The summed E-state index contributed by atoms with van der Waals surface area (Å²) in [5, 5.41) is 0. The normalized spacial score (nSPS) is 21.6. The lowest BCUT2D eigenvalue weighted by Crippen LogP contribution is -2.44. The first-order valence-corrected chi connectivity index (χ1v) is 8.69. The quantitative estimate of drug-likeness (QED) is 0.801. The lowest BCUT2D eigenvalue weighted by Gasteiger charge is -2.34. The molecule has 23 heavy (non-hydrogen) atoms. The highest BCUT2D eigenvalue weighted by molar-refractivity contribution is 5.16. The Hall–Kier alpha value is -1.01. The minimum Gasteiger partial charge on any atom is -0.379 e. The summed E-state index contributed by atoms with van der Waals surface area (Å²) in [5.41, 5.74) is 0.655. The molecular formula is C18H27FN2O2. The van der Waals surface area contributed by atoms with Crippen LogP contribution in [0.25, 0.3) is 0 Å². The van der Waals surface area contributed by atoms with Gasteiger partial charge in [-0.3, -0.25) is 4.90 Å². The van der Waals surface area contributed by atoms with Crippen LogP contribution in [-0.4, -0.2) is 68.4 Å². The van der Waals surface area contributed by atoms with Gasteiger partial charge in [0.1, 0.15) is 5.82 Å². The second kappa shape index (κ2) is 8.73. The predicted molar refractivity (Wildman–Crippen MR) is 87.9 cm³/mol. The van der Waals surface area contributed by atoms with Gasteiger partial charge in [-0.1, -0.05) is 18.2 Å². The standard InChI is InChI=1S/C18H27FN2O2/c19-18-4-2-1-3-16(18)15-23-17-5-7-20(8-6-17)9-10-21-11-13-22-14-12-21/h1-4,17H,5-15H2. The molecule has 2 saturated heterocycles. The maximum Gasteiger partial charge on any atom is 0.128 e. The molecular weight excluding hydrogens is 295 g/mol. The number of morpholine rings is 1. The van der Waals surface area contributed by atoms with Crippen molar-refractivity contribution in [3.8, 4) is 0 Å². The van der Waals surface area contributed by atoms with Crippen molar-refractivity contribution in [3.63, 3.8) is 0 Å². The van der Waals surface area contributed by atoms with Crippen molar-refractivity contribution < 1.29 is 13.9 Å². The Balaban J connectivity index is 1.33. The smallest absolute Gasteiger partial charge is 0.128 e. The van der Waals surface area contributed by atoms with Crippen molar-refractivity contribution in [1.29, 1.82) is 0 Å². The van der Waals surface area contributed by atoms with Crippen molar-refractivity contribution in [2.45, 2.75) is 25.6 Å². The number of ether oxygens (including phenoxy) is 2. The third-order valence-electron chi connectivity index (χ3n) is 4.80. The number of nitrogens with zero attached hydrogens (tertiary/aromatic N) is 2. The average Bonchev–Trinajstić information content (AvgIpc) is 2.61. The van der Waals surface area contributed by atoms with Crippen LogP contribution in [0.3, 0.4) is 0 Å². The van der Waals surface area contributed by atoms with Gasteiger partial charge in [-0.25, -0.2) is 4.39 Å². The fourth-order valence-corrected chi connectivity index (χ4v) is 3.23. The van der Waals surface area contributed by atoms with Crippen molar-refractivity contribution >= 4 is 0 Å². The van der Waals surface area contributed by atoms with E-state index in [2.05, 4.69) is 9.80 Å². The van der Waals surface area contributed by atoms with Crippen LogP contribution < -0.4 is 0 Å². The zero-order valence-corrected chi connectivity index (χ0v) is 13.8. The van der Waals surface area contributed by atoms with Gasteiger partial charge < -0.3 is 14.4 Å². The van der Waals surface area contributed by atoms with E-state index in [1.54, 1.807) is 12.1 Å². The van der Waals surface area contributed by atoms with Gasteiger partial charge >= 0.3 is 0 Å². The lowest BCUT2D eigenvalue weighted by molar-refractivity contribution is -0.00840. The topological polar surface area (TPSA) is 24.9 Å². The first kappa shape index (κ1) is 16.8. The van der Waals surface area contributed by atoms with Crippen LogP contribution in [-0.2, 0) is 16.1 Å². The maximum absolute atomic E-state index is 13.6. The molecule has 0 N–H and O–H groups in total. The highest BCUT2D eigenvalue weighted by Gasteiger charge is 2.20. The number of piperidine rings is 1. The first-order valence-electron chi connectivity index (χ1n) is 8.69. The van der Waals surface area contributed by atoms with Crippen LogP contribution in [0.4, 0.5) is 4.39 Å². The minimum atomic E-state index is -0.171. The van der Waals surface area contributed by atoms with Crippen molar-refractivity contribution in [2.75, 3.05) is 52.5 Å². The average molecular weight is 322 g/mol. The Morgan fingerprint density at radius 3 is 2.35 bits per heavy atom. The Bertz CT molecular complexity index is 472. The monoisotopic (exact) mass is 322 g/mol. The van der Waals surface area contributed by atoms with Crippen molar-refractivity contribution in [3.05, 3.63) is 35.6 Å². The van der Waals surface area contributed by atoms with Gasteiger partial charge in [0.15, 0.2) is 0 Å². The Labute approximate surface area is 138 Å². The molecule has 0 radical (unpaired) electrons. The van der Waals surface area contributed by atoms with Crippen molar-refractivity contribution in [2.24, 2.45) is 0 Å². The molecule has 3 rings (SSSR count). The highest BCUT2D eigenvalue weighted by Crippen LogP contribution is 2.17. The molecule has 2 aliphatic rings. The molecule has 0 atom stereocenters. The van der Waals surface area contributed by atoms with E-state index in [4.69, 9.17) is 9.47 Å². The molecule has 128 valence electrons. The van der Waals surface area contributed by atoms with Gasteiger partial charge in [0.25, 0.3) is 0 Å². The molecule has 1 aromatic rings. The fraction of sp³-hybridized carbons (Fsp3) is 0.667. The molecule has 4 nitrogen and oxygen atoms in total. The van der Waals surface area contributed by atoms with E-state index in [0.717, 1.165) is 65.3 Å². The molecule has 1 aromatic carbocycles. The van der Waals surface area contributed by atoms with Gasteiger partial charge in [0.05, 0.1) is 25.9 Å². The molecule has 2 aliphatic heterocycles. The van der Waals surface area contributed by atoms with Crippen molar-refractivity contribution in [1.82, 2.24) is 9.80 Å². The van der Waals surface area contributed by atoms with Crippen LogP contribution in [0.5, 0.6) is 0 Å². The first-order chi connectivity index (χ1) is 11.3. The summed E-state index contributed by atoms with van der Waals surface area (Å²) < 4.78 is 24.9. The molecule has 2 heterocycles. The van der Waals surface area contributed by atoms with Crippen LogP contribution >= 0.6 is 0 Å². The molecule has 0 unspecified atom stereocenters. The summed E-state index contributed by atoms with van der Waals surface area (Å²) in [4.78, 5) is 4.99. The van der Waals surface area contributed by atoms with E-state index in [0.29, 0.717) is 12.2 Å². The van der Waals surface area contributed by atoms with E-state index < -0.39 is 0 Å². The van der Waals surface area contributed by atoms with E-state index in [1.807, 2.05) is 6.07 Å². The molecule has 0 spiro atoms. The molecule has 0 aliphatic carbocycles. The van der Waals surface area contributed by atoms with Crippen LogP contribution in [0, 0.1) is 5.82 Å². The van der Waals surface area contributed by atoms with Crippen LogP contribution in [0.15, 0.2) is 24.3 Å². The minimum absolute atomic E-state index is 0.171. The summed E-state index contributed by atoms with van der Waals surface area (Å²) in [6, 6.07) is 6.86. The van der Waals surface area contributed by atoms with E-state index in [9.17, 15) is 4.39 Å². The number of benzene rings is 1. The van der Waals surface area contributed by atoms with Gasteiger partial charge in [-0.05, 0) is 18.9 Å². The number of hydrogen-bond donors (Lipinski definition) is 0. The van der Waals surface area contributed by atoms with Gasteiger partial charge in [-0.2, -0.15) is 0 Å². The summed E-state index contributed by atoms with van der Waals surface area (Å²) in [6.45, 7) is 8.64. The van der Waals surface area contributed by atoms with Gasteiger partial charge in [-0.15, -0.1) is 0 Å². The zero-order valence-electron chi connectivity index (χ0n) is 13.8. The largest absolute Gasteiger partial charge is 0.379 e. The summed E-state index contributed by atoms with van der Waals surface area (Å²) in [5.74, 6) is -0.171. The van der Waals surface area contributed by atoms with Crippen LogP contribution in [0.1, 0.15) is 18.4 Å². The fourth-order valence-electron chi connectivity index (χ4n) is 3.23. The Morgan fingerprint density at radius 1 is 1.00 bits per heavy atom. The molecule has 0 saturated carbocycles. The summed E-state index contributed by atoms with van der Waals surface area (Å²) in [7, 11) is 0. The lowest BCUT2D eigenvalue weighted by atomic mass is 10.1. The number of likely N-dealkylation sites (tertiary alicyclic amines) is 1.